The number of amides is 2. The molecule has 0 saturated heterocycles. The first kappa shape index (κ1) is 21.4. The highest BCUT2D eigenvalue weighted by molar-refractivity contribution is 7.17. The molecule has 5 nitrogen and oxygen atoms in total. The van der Waals surface area contributed by atoms with Crippen molar-refractivity contribution in [3.8, 4) is 5.75 Å². The molecule has 2 atom stereocenters. The molecule has 2 unspecified atom stereocenters. The fourth-order valence-electron chi connectivity index (χ4n) is 3.82. The molecule has 29 heavy (non-hydrogen) atoms. The monoisotopic (exact) mass is 414 g/mol. The van der Waals surface area contributed by atoms with Crippen LogP contribution in [0.25, 0.3) is 0 Å². The number of anilines is 1. The molecule has 2 aromatic rings. The molecule has 1 aliphatic rings. The maximum absolute atomic E-state index is 12.9. The van der Waals surface area contributed by atoms with Gasteiger partial charge < -0.3 is 15.8 Å². The van der Waals surface area contributed by atoms with E-state index in [1.165, 1.54) is 21.8 Å². The molecule has 1 aliphatic carbocycles. The van der Waals surface area contributed by atoms with Crippen LogP contribution in [0.5, 0.6) is 5.75 Å². The van der Waals surface area contributed by atoms with Crippen LogP contribution in [0, 0.1) is 19.8 Å². The molecular formula is C23H30N2O3S. The summed E-state index contributed by atoms with van der Waals surface area (Å²) < 4.78 is 5.95. The van der Waals surface area contributed by atoms with Crippen molar-refractivity contribution in [3.63, 3.8) is 0 Å². The van der Waals surface area contributed by atoms with Crippen LogP contribution in [0.4, 0.5) is 5.00 Å². The zero-order chi connectivity index (χ0) is 21.1. The number of aryl methyl sites for hydroxylation is 2. The van der Waals surface area contributed by atoms with Crippen molar-refractivity contribution in [1.29, 1.82) is 0 Å². The van der Waals surface area contributed by atoms with Crippen LogP contribution >= 0.6 is 11.3 Å². The number of thiophene rings is 1. The summed E-state index contributed by atoms with van der Waals surface area (Å²) in [5.41, 5.74) is 9.47. The minimum Gasteiger partial charge on any atom is -0.481 e. The van der Waals surface area contributed by atoms with Gasteiger partial charge in [0.25, 0.3) is 11.8 Å². The van der Waals surface area contributed by atoms with Crippen LogP contribution in [0.15, 0.2) is 18.2 Å². The largest absolute Gasteiger partial charge is 0.481 e. The minimum absolute atomic E-state index is 0.251. The number of nitrogens with one attached hydrogen (secondary N) is 1. The number of carbonyl (C=O) groups excluding carboxylic acids is 2. The van der Waals surface area contributed by atoms with Crippen molar-refractivity contribution in [3.05, 3.63) is 45.3 Å². The Bertz CT molecular complexity index is 919. The number of hydrogen-bond acceptors (Lipinski definition) is 4. The van der Waals surface area contributed by atoms with Crippen molar-refractivity contribution < 1.29 is 14.3 Å². The first-order valence-electron chi connectivity index (χ1n) is 10.3. The number of nitrogens with two attached hydrogens (primary N) is 1. The molecule has 3 rings (SSSR count). The molecule has 1 aromatic carbocycles. The fourth-order valence-corrected chi connectivity index (χ4v) is 5.19. The molecule has 0 spiro atoms. The Balaban J connectivity index is 1.80. The summed E-state index contributed by atoms with van der Waals surface area (Å²) in [5, 5.41) is 3.49. The molecule has 0 saturated carbocycles. The lowest BCUT2D eigenvalue weighted by atomic mass is 9.85. The predicted molar refractivity (Wildman–Crippen MR) is 118 cm³/mol. The minimum atomic E-state index is -0.639. The maximum Gasteiger partial charge on any atom is 0.266 e. The molecule has 6 heteroatoms. The lowest BCUT2D eigenvalue weighted by molar-refractivity contribution is -0.122. The van der Waals surface area contributed by atoms with Crippen LogP contribution in [-0.2, 0) is 17.6 Å². The van der Waals surface area contributed by atoms with Crippen LogP contribution in [0.1, 0.15) is 65.0 Å². The number of carbonyl (C=O) groups is 2. The van der Waals surface area contributed by atoms with Crippen molar-refractivity contribution in [2.75, 3.05) is 5.32 Å². The smallest absolute Gasteiger partial charge is 0.266 e. The normalized spacial score (nSPS) is 16.8. The zero-order valence-electron chi connectivity index (χ0n) is 17.6. The van der Waals surface area contributed by atoms with Gasteiger partial charge in [-0.05, 0) is 74.3 Å². The first-order chi connectivity index (χ1) is 13.8. The van der Waals surface area contributed by atoms with E-state index in [1.54, 1.807) is 0 Å². The fraction of sp³-hybridized carbons (Fsp3) is 0.478. The van der Waals surface area contributed by atoms with Gasteiger partial charge in [-0.2, -0.15) is 0 Å². The number of benzene rings is 1. The molecule has 2 amide bonds. The highest BCUT2D eigenvalue weighted by atomic mass is 32.1. The molecule has 156 valence electrons. The Morgan fingerprint density at radius 2 is 2.03 bits per heavy atom. The Morgan fingerprint density at radius 1 is 1.28 bits per heavy atom. The summed E-state index contributed by atoms with van der Waals surface area (Å²) in [6, 6.07) is 5.80. The Kier molecular flexibility index (Phi) is 6.63. The van der Waals surface area contributed by atoms with E-state index in [9.17, 15) is 9.59 Å². The van der Waals surface area contributed by atoms with E-state index in [1.807, 2.05) is 39.0 Å². The number of ether oxygens (including phenoxy) is 1. The summed E-state index contributed by atoms with van der Waals surface area (Å²) in [4.78, 5) is 26.2. The Morgan fingerprint density at radius 3 is 2.66 bits per heavy atom. The van der Waals surface area contributed by atoms with Crippen LogP contribution < -0.4 is 15.8 Å². The van der Waals surface area contributed by atoms with Gasteiger partial charge in [-0.3, -0.25) is 9.59 Å². The molecule has 1 heterocycles. The molecule has 3 N–H and O–H groups in total. The maximum atomic E-state index is 12.9. The summed E-state index contributed by atoms with van der Waals surface area (Å²) in [5.74, 6) is 0.568. The average Bonchev–Trinajstić information content (AvgIpc) is 3.05. The van der Waals surface area contributed by atoms with Gasteiger partial charge in [0.2, 0.25) is 0 Å². The Labute approximate surface area is 176 Å². The highest BCUT2D eigenvalue weighted by Crippen LogP contribution is 2.40. The summed E-state index contributed by atoms with van der Waals surface area (Å²) in [6.07, 6.45) is 3.85. The molecule has 0 radical (unpaired) electrons. The van der Waals surface area contributed by atoms with Crippen LogP contribution in [-0.4, -0.2) is 17.9 Å². The van der Waals surface area contributed by atoms with E-state index >= 15 is 0 Å². The predicted octanol–water partition coefficient (Wildman–Crippen LogP) is 4.77. The third-order valence-electron chi connectivity index (χ3n) is 5.85. The van der Waals surface area contributed by atoms with Crippen LogP contribution in [0.2, 0.25) is 0 Å². The number of fused-ring (bicyclic) bond motifs is 1. The lowest BCUT2D eigenvalue weighted by Gasteiger charge is -2.20. The van der Waals surface area contributed by atoms with Crippen molar-refractivity contribution >= 4 is 28.2 Å². The molecular weight excluding hydrogens is 384 g/mol. The number of primary amides is 1. The first-order valence-corrected chi connectivity index (χ1v) is 11.1. The van der Waals surface area contributed by atoms with Gasteiger partial charge in [-0.1, -0.05) is 26.3 Å². The standard InChI is InChI=1S/C23H30N2O3S/c1-5-15-8-10-17-19(12-15)29-23(20(17)21(24)26)25-22(27)18(6-2)28-16-9-7-13(3)14(4)11-16/h7,9,11,15,18H,5-6,8,10,12H2,1-4H3,(H2,24,26)(H,25,27). The van der Waals surface area contributed by atoms with Gasteiger partial charge in [0, 0.05) is 4.88 Å². The lowest BCUT2D eigenvalue weighted by Crippen LogP contribution is -2.32. The average molecular weight is 415 g/mol. The quantitative estimate of drug-likeness (QED) is 0.684. The highest BCUT2D eigenvalue weighted by Gasteiger charge is 2.29. The third kappa shape index (κ3) is 4.64. The van der Waals surface area contributed by atoms with E-state index in [2.05, 4.69) is 12.2 Å². The molecule has 0 bridgehead atoms. The molecule has 1 aromatic heterocycles. The van der Waals surface area contributed by atoms with Gasteiger partial charge >= 0.3 is 0 Å². The second-order valence-corrected chi connectivity index (χ2v) is 8.94. The summed E-state index contributed by atoms with van der Waals surface area (Å²) >= 11 is 1.49. The van der Waals surface area contributed by atoms with Gasteiger partial charge in [-0.25, -0.2) is 0 Å². The summed E-state index contributed by atoms with van der Waals surface area (Å²) in [6.45, 7) is 8.15. The Hall–Kier alpha value is -2.34. The second-order valence-electron chi connectivity index (χ2n) is 7.84. The van der Waals surface area contributed by atoms with E-state index < -0.39 is 12.0 Å². The van der Waals surface area contributed by atoms with Crippen molar-refractivity contribution in [1.82, 2.24) is 0 Å². The van der Waals surface area contributed by atoms with E-state index in [0.717, 1.165) is 36.8 Å². The van der Waals surface area contributed by atoms with E-state index in [0.29, 0.717) is 28.7 Å². The third-order valence-corrected chi connectivity index (χ3v) is 7.02. The van der Waals surface area contributed by atoms with Gasteiger partial charge in [-0.15, -0.1) is 11.3 Å². The number of rotatable bonds is 7. The van der Waals surface area contributed by atoms with Crippen molar-refractivity contribution in [2.24, 2.45) is 11.7 Å². The van der Waals surface area contributed by atoms with Crippen molar-refractivity contribution in [2.45, 2.75) is 65.9 Å². The SMILES string of the molecule is CCC1CCc2c(sc(NC(=O)C(CC)Oc3ccc(C)c(C)c3)c2C(N)=O)C1. The zero-order valence-corrected chi connectivity index (χ0v) is 18.4. The molecule has 0 aliphatic heterocycles. The van der Waals surface area contributed by atoms with E-state index in [4.69, 9.17) is 10.5 Å². The summed E-state index contributed by atoms with van der Waals surface area (Å²) in [7, 11) is 0. The molecule has 0 fully saturated rings. The van der Waals surface area contributed by atoms with Gasteiger partial charge in [0.1, 0.15) is 10.8 Å². The number of hydrogen-bond donors (Lipinski definition) is 2. The second kappa shape index (κ2) is 8.99. The van der Waals surface area contributed by atoms with Gasteiger partial charge in [0.05, 0.1) is 5.56 Å². The van der Waals surface area contributed by atoms with Gasteiger partial charge in [0.15, 0.2) is 6.10 Å². The van der Waals surface area contributed by atoms with Crippen LogP contribution in [0.3, 0.4) is 0 Å². The topological polar surface area (TPSA) is 81.4 Å². The van der Waals surface area contributed by atoms with E-state index in [-0.39, 0.29) is 5.91 Å².